The summed E-state index contributed by atoms with van der Waals surface area (Å²) in [5.41, 5.74) is 8.47. The second kappa shape index (κ2) is 7.67. The van der Waals surface area contributed by atoms with Crippen molar-refractivity contribution in [3.8, 4) is 6.07 Å². The van der Waals surface area contributed by atoms with E-state index in [1.165, 1.54) is 6.82 Å². The summed E-state index contributed by atoms with van der Waals surface area (Å²) in [5.74, 6) is 0. The van der Waals surface area contributed by atoms with E-state index in [1.807, 2.05) is 0 Å². The highest BCUT2D eigenvalue weighted by atomic mass is 28.4. The maximum Gasteiger partial charge on any atom is 0.374 e. The summed E-state index contributed by atoms with van der Waals surface area (Å²) in [6, 6.07) is 1.33. The second-order valence-corrected chi connectivity index (χ2v) is 11.0. The minimum Gasteiger partial charge on any atom is -0.437 e. The summed E-state index contributed by atoms with van der Waals surface area (Å²) in [6.45, 7) is 12.0. The highest BCUT2D eigenvalue weighted by Crippen LogP contribution is 2.37. The van der Waals surface area contributed by atoms with E-state index in [-0.39, 0.29) is 11.6 Å². The van der Waals surface area contributed by atoms with Gasteiger partial charge in [-0.2, -0.15) is 5.26 Å². The second-order valence-electron chi connectivity index (χ2n) is 6.28. The molecule has 0 saturated heterocycles. The third kappa shape index (κ3) is 5.94. The van der Waals surface area contributed by atoms with Crippen molar-refractivity contribution in [2.75, 3.05) is 6.54 Å². The molecule has 0 fully saturated rings. The predicted octanol–water partition coefficient (Wildman–Crippen LogP) is 2.28. The van der Waals surface area contributed by atoms with Crippen LogP contribution in [0.5, 0.6) is 0 Å². The Balaban J connectivity index is 5.15. The number of nitrogens with one attached hydrogen (secondary N) is 1. The van der Waals surface area contributed by atoms with Gasteiger partial charge in [0.2, 0.25) is 0 Å². The molecule has 0 spiro atoms. The molecule has 2 atom stereocenters. The Hall–Kier alpha value is -1.04. The maximum atomic E-state index is 9.38. The molecular formula is C11H24BN5O2Si. The van der Waals surface area contributed by atoms with Crippen molar-refractivity contribution in [1.82, 2.24) is 5.23 Å². The van der Waals surface area contributed by atoms with Gasteiger partial charge >= 0.3 is 7.05 Å². The monoisotopic (exact) mass is 297 g/mol. The van der Waals surface area contributed by atoms with Crippen LogP contribution in [0.25, 0.3) is 10.4 Å². The van der Waals surface area contributed by atoms with Gasteiger partial charge in [0.05, 0.1) is 18.7 Å². The van der Waals surface area contributed by atoms with Crippen molar-refractivity contribution in [1.29, 1.82) is 5.26 Å². The van der Waals surface area contributed by atoms with Crippen molar-refractivity contribution in [3.05, 3.63) is 10.4 Å². The van der Waals surface area contributed by atoms with Gasteiger partial charge in [0.1, 0.15) is 6.04 Å². The van der Waals surface area contributed by atoms with E-state index in [0.717, 1.165) is 0 Å². The third-order valence-corrected chi connectivity index (χ3v) is 8.01. The van der Waals surface area contributed by atoms with Crippen molar-refractivity contribution in [2.45, 2.75) is 57.9 Å². The number of rotatable bonds is 7. The fraction of sp³-hybridized carbons (Fsp3) is 0.909. The van der Waals surface area contributed by atoms with Crippen LogP contribution in [0.3, 0.4) is 0 Å². The van der Waals surface area contributed by atoms with Crippen molar-refractivity contribution < 1.29 is 9.45 Å². The molecule has 0 bridgehead atoms. The Bertz CT molecular complexity index is 399. The first-order valence-electron chi connectivity index (χ1n) is 6.57. The zero-order valence-corrected chi connectivity index (χ0v) is 14.1. The SMILES string of the molecule is CB(O)N[C@H](C#N)[C@@H](CN=[N+]=[N-])O[Si](C)(C)C(C)(C)C. The Morgan fingerprint density at radius 3 is 2.45 bits per heavy atom. The van der Waals surface area contributed by atoms with E-state index < -0.39 is 27.5 Å². The lowest BCUT2D eigenvalue weighted by molar-refractivity contribution is 0.169. The fourth-order valence-corrected chi connectivity index (χ4v) is 2.69. The van der Waals surface area contributed by atoms with Gasteiger partial charge in [0.15, 0.2) is 8.32 Å². The first-order valence-corrected chi connectivity index (χ1v) is 9.48. The highest BCUT2D eigenvalue weighted by molar-refractivity contribution is 6.74. The van der Waals surface area contributed by atoms with Crippen LogP contribution in [0.1, 0.15) is 20.8 Å². The molecule has 0 aromatic rings. The lowest BCUT2D eigenvalue weighted by atomic mass is 9.86. The molecular weight excluding hydrogens is 273 g/mol. The van der Waals surface area contributed by atoms with Crippen molar-refractivity contribution >= 4 is 15.4 Å². The van der Waals surface area contributed by atoms with Crippen molar-refractivity contribution in [2.24, 2.45) is 5.11 Å². The molecule has 0 aliphatic rings. The maximum absolute atomic E-state index is 9.38. The molecule has 0 aromatic carbocycles. The third-order valence-electron chi connectivity index (χ3n) is 3.51. The molecule has 7 nitrogen and oxygen atoms in total. The van der Waals surface area contributed by atoms with Crippen LogP contribution in [0.4, 0.5) is 0 Å². The van der Waals surface area contributed by atoms with Gasteiger partial charge in [0, 0.05) is 4.91 Å². The molecule has 0 aromatic heterocycles. The Morgan fingerprint density at radius 2 is 2.10 bits per heavy atom. The molecule has 0 saturated carbocycles. The molecule has 112 valence electrons. The zero-order valence-electron chi connectivity index (χ0n) is 13.1. The molecule has 0 aliphatic heterocycles. The van der Waals surface area contributed by atoms with Crippen LogP contribution in [0.2, 0.25) is 25.0 Å². The Labute approximate surface area is 122 Å². The first-order chi connectivity index (χ1) is 9.05. The molecule has 0 unspecified atom stereocenters. The Morgan fingerprint density at radius 1 is 1.55 bits per heavy atom. The molecule has 0 aliphatic carbocycles. The minimum atomic E-state index is -2.10. The van der Waals surface area contributed by atoms with Gasteiger partial charge in [-0.15, -0.1) is 0 Å². The minimum absolute atomic E-state index is 0.0214. The standard InChI is InChI=1S/C11H24BN5O2Si/c1-11(2,3)20(5,6)19-10(8-15-17-14)9(7-13)16-12(4)18/h9-10,16,18H,8H2,1-6H3/t9-,10-/m1/s1. The van der Waals surface area contributed by atoms with Crippen LogP contribution in [0, 0.1) is 11.3 Å². The van der Waals surface area contributed by atoms with E-state index >= 15 is 0 Å². The molecule has 9 heteroatoms. The highest BCUT2D eigenvalue weighted by Gasteiger charge is 2.40. The van der Waals surface area contributed by atoms with Gasteiger partial charge in [0.25, 0.3) is 0 Å². The molecule has 2 N–H and O–H groups in total. The van der Waals surface area contributed by atoms with Gasteiger partial charge < -0.3 is 14.7 Å². The van der Waals surface area contributed by atoms with E-state index in [1.54, 1.807) is 0 Å². The molecule has 0 heterocycles. The smallest absolute Gasteiger partial charge is 0.374 e. The molecule has 0 rings (SSSR count). The van der Waals surface area contributed by atoms with Gasteiger partial charge in [-0.25, -0.2) is 0 Å². The van der Waals surface area contributed by atoms with E-state index in [9.17, 15) is 10.3 Å². The number of nitrogens with zero attached hydrogens (tertiary/aromatic N) is 4. The quantitative estimate of drug-likeness (QED) is 0.324. The summed E-state index contributed by atoms with van der Waals surface area (Å²) in [5, 5.41) is 24.8. The number of azide groups is 1. The average molecular weight is 297 g/mol. The van der Waals surface area contributed by atoms with Gasteiger partial charge in [-0.05, 0) is 30.5 Å². The van der Waals surface area contributed by atoms with E-state index in [4.69, 9.17) is 9.96 Å². The summed E-state index contributed by atoms with van der Waals surface area (Å²) < 4.78 is 6.14. The van der Waals surface area contributed by atoms with E-state index in [2.05, 4.69) is 55.2 Å². The average Bonchev–Trinajstić information content (AvgIpc) is 2.29. The van der Waals surface area contributed by atoms with Crippen LogP contribution < -0.4 is 5.23 Å². The van der Waals surface area contributed by atoms with Gasteiger partial charge in [-0.3, -0.25) is 0 Å². The molecule has 20 heavy (non-hydrogen) atoms. The zero-order chi connectivity index (χ0) is 16.0. The normalized spacial score (nSPS) is 14.9. The lowest BCUT2D eigenvalue weighted by Gasteiger charge is -2.40. The fourth-order valence-electron chi connectivity index (χ4n) is 1.37. The topological polar surface area (TPSA) is 114 Å². The summed E-state index contributed by atoms with van der Waals surface area (Å²) in [4.78, 5) is 2.72. The summed E-state index contributed by atoms with van der Waals surface area (Å²) >= 11 is 0. The predicted molar refractivity (Wildman–Crippen MR) is 82.5 cm³/mol. The van der Waals surface area contributed by atoms with Crippen LogP contribution in [-0.2, 0) is 4.43 Å². The Kier molecular flexibility index (Phi) is 7.27. The van der Waals surface area contributed by atoms with Gasteiger partial charge in [-0.1, -0.05) is 25.9 Å². The van der Waals surface area contributed by atoms with E-state index in [0.29, 0.717) is 0 Å². The molecule has 0 radical (unpaired) electrons. The summed E-state index contributed by atoms with van der Waals surface area (Å²) in [7, 11) is -2.94. The van der Waals surface area contributed by atoms with Crippen LogP contribution in [0.15, 0.2) is 5.11 Å². The number of hydrogen-bond donors (Lipinski definition) is 2. The van der Waals surface area contributed by atoms with Crippen LogP contribution in [-0.4, -0.2) is 39.1 Å². The first kappa shape index (κ1) is 19.0. The lowest BCUT2D eigenvalue weighted by Crippen LogP contribution is -2.53. The largest absolute Gasteiger partial charge is 0.437 e. The number of nitriles is 1. The number of hydrogen-bond acceptors (Lipinski definition) is 5. The summed E-state index contributed by atoms with van der Waals surface area (Å²) in [6.07, 6.45) is -0.577. The van der Waals surface area contributed by atoms with Crippen molar-refractivity contribution in [3.63, 3.8) is 0 Å². The molecule has 0 amide bonds. The van der Waals surface area contributed by atoms with Crippen LogP contribution >= 0.6 is 0 Å².